The summed E-state index contributed by atoms with van der Waals surface area (Å²) in [5.41, 5.74) is 0.646. The molecule has 0 N–H and O–H groups in total. The molecule has 7 nitrogen and oxygen atoms in total. The first-order chi connectivity index (χ1) is 14.4. The summed E-state index contributed by atoms with van der Waals surface area (Å²) in [5, 5.41) is -0.427. The van der Waals surface area contributed by atoms with Crippen LogP contribution in [-0.4, -0.2) is 59.7 Å². The summed E-state index contributed by atoms with van der Waals surface area (Å²) in [6, 6.07) is 5.38. The van der Waals surface area contributed by atoms with Gasteiger partial charge in [0.2, 0.25) is 5.91 Å². The summed E-state index contributed by atoms with van der Waals surface area (Å²) < 4.78 is 11.2. The normalized spacial score (nSPS) is 18.9. The van der Waals surface area contributed by atoms with Gasteiger partial charge in [-0.15, -0.1) is 0 Å². The molecule has 2 heterocycles. The van der Waals surface area contributed by atoms with Gasteiger partial charge in [0.1, 0.15) is 6.54 Å². The van der Waals surface area contributed by atoms with Crippen molar-refractivity contribution in [1.82, 2.24) is 9.80 Å². The second-order valence-electron chi connectivity index (χ2n) is 7.61. The van der Waals surface area contributed by atoms with E-state index in [2.05, 4.69) is 0 Å². The fourth-order valence-corrected chi connectivity index (χ4v) is 4.33. The van der Waals surface area contributed by atoms with Crippen LogP contribution >= 0.6 is 11.8 Å². The smallest absolute Gasteiger partial charge is 0.294 e. The highest BCUT2D eigenvalue weighted by atomic mass is 32.2. The number of carbonyl (C=O) groups is 3. The minimum absolute atomic E-state index is 0.0882. The summed E-state index contributed by atoms with van der Waals surface area (Å²) in [6.07, 6.45) is 5.67. The van der Waals surface area contributed by atoms with Crippen molar-refractivity contribution >= 4 is 34.9 Å². The highest BCUT2D eigenvalue weighted by Crippen LogP contribution is 2.37. The third kappa shape index (κ3) is 5.16. The van der Waals surface area contributed by atoms with Gasteiger partial charge in [-0.3, -0.25) is 19.3 Å². The van der Waals surface area contributed by atoms with Crippen LogP contribution in [0, 0.1) is 0 Å². The number of imide groups is 1. The Balaban J connectivity index is 1.79. The average Bonchev–Trinajstić information content (AvgIpc) is 2.91. The Bertz CT molecular complexity index is 844. The fraction of sp³-hybridized carbons (Fsp3) is 0.500. The molecule has 30 heavy (non-hydrogen) atoms. The third-order valence-electron chi connectivity index (χ3n) is 5.00. The Morgan fingerprint density at radius 3 is 2.50 bits per heavy atom. The highest BCUT2D eigenvalue weighted by Gasteiger charge is 2.37. The predicted octanol–water partition coefficient (Wildman–Crippen LogP) is 3.92. The molecule has 0 bridgehead atoms. The molecule has 0 unspecified atom stereocenters. The molecule has 1 aromatic rings. The van der Waals surface area contributed by atoms with Crippen LogP contribution in [0.15, 0.2) is 23.1 Å². The van der Waals surface area contributed by atoms with Crippen LogP contribution in [0.2, 0.25) is 0 Å². The van der Waals surface area contributed by atoms with Gasteiger partial charge in [-0.1, -0.05) is 25.0 Å². The van der Waals surface area contributed by atoms with E-state index >= 15 is 0 Å². The number of carbonyl (C=O) groups excluding carboxylic acids is 3. The molecule has 2 fully saturated rings. The zero-order valence-corrected chi connectivity index (χ0v) is 18.5. The van der Waals surface area contributed by atoms with E-state index in [4.69, 9.17) is 9.47 Å². The first-order valence-corrected chi connectivity index (χ1v) is 11.1. The Hall–Kier alpha value is -2.48. The molecule has 0 atom stereocenters. The molecule has 3 rings (SSSR count). The van der Waals surface area contributed by atoms with Crippen LogP contribution in [0.3, 0.4) is 0 Å². The Morgan fingerprint density at radius 2 is 1.87 bits per heavy atom. The maximum Gasteiger partial charge on any atom is 0.294 e. The Kier molecular flexibility index (Phi) is 7.42. The third-order valence-corrected chi connectivity index (χ3v) is 5.90. The standard InChI is InChI=1S/C22H28N2O5S/c1-15(2)29-20-16(9-8-10-17(20)28-3)13-18-21(26)24(22(27)30-18)14-19(25)23-11-6-4-5-7-12-23/h8-10,13,15H,4-7,11-12,14H2,1-3H3. The number of benzene rings is 1. The van der Waals surface area contributed by atoms with Crippen molar-refractivity contribution in [1.29, 1.82) is 0 Å². The van der Waals surface area contributed by atoms with Crippen LogP contribution in [0.4, 0.5) is 4.79 Å². The van der Waals surface area contributed by atoms with Crippen molar-refractivity contribution in [2.45, 2.75) is 45.6 Å². The molecular weight excluding hydrogens is 404 g/mol. The predicted molar refractivity (Wildman–Crippen MR) is 116 cm³/mol. The van der Waals surface area contributed by atoms with Gasteiger partial charge >= 0.3 is 0 Å². The molecule has 0 radical (unpaired) electrons. The highest BCUT2D eigenvalue weighted by molar-refractivity contribution is 8.18. The summed E-state index contributed by atoms with van der Waals surface area (Å²) >= 11 is 0.842. The zero-order chi connectivity index (χ0) is 21.7. The molecular formula is C22H28N2O5S. The van der Waals surface area contributed by atoms with Crippen molar-refractivity contribution in [2.24, 2.45) is 0 Å². The SMILES string of the molecule is COc1cccc(C=C2SC(=O)N(CC(=O)N3CCCCCC3)C2=O)c1OC(C)C. The van der Waals surface area contributed by atoms with Crippen LogP contribution < -0.4 is 9.47 Å². The van der Waals surface area contributed by atoms with E-state index < -0.39 is 11.1 Å². The van der Waals surface area contributed by atoms with E-state index in [9.17, 15) is 14.4 Å². The minimum Gasteiger partial charge on any atom is -0.493 e. The van der Waals surface area contributed by atoms with Crippen molar-refractivity contribution in [2.75, 3.05) is 26.7 Å². The molecule has 8 heteroatoms. The maximum atomic E-state index is 12.9. The average molecular weight is 433 g/mol. The largest absolute Gasteiger partial charge is 0.493 e. The van der Waals surface area contributed by atoms with Crippen LogP contribution in [0.1, 0.15) is 45.1 Å². The Labute approximate surface area is 181 Å². The number of hydrogen-bond acceptors (Lipinski definition) is 6. The van der Waals surface area contributed by atoms with Gasteiger partial charge in [0.15, 0.2) is 11.5 Å². The van der Waals surface area contributed by atoms with Gasteiger partial charge in [0.25, 0.3) is 11.1 Å². The van der Waals surface area contributed by atoms with Crippen LogP contribution in [-0.2, 0) is 9.59 Å². The monoisotopic (exact) mass is 432 g/mol. The van der Waals surface area contributed by atoms with E-state index in [0.717, 1.165) is 42.3 Å². The molecule has 3 amide bonds. The lowest BCUT2D eigenvalue weighted by Crippen LogP contribution is -2.42. The maximum absolute atomic E-state index is 12.9. The Morgan fingerprint density at radius 1 is 1.17 bits per heavy atom. The number of nitrogens with zero attached hydrogens (tertiary/aromatic N) is 2. The van der Waals surface area contributed by atoms with Gasteiger partial charge in [-0.25, -0.2) is 0 Å². The van der Waals surface area contributed by atoms with Gasteiger partial charge < -0.3 is 14.4 Å². The van der Waals surface area contributed by atoms with Crippen LogP contribution in [0.5, 0.6) is 11.5 Å². The van der Waals surface area contributed by atoms with E-state index in [-0.39, 0.29) is 23.5 Å². The molecule has 2 aliphatic heterocycles. The van der Waals surface area contributed by atoms with E-state index in [0.29, 0.717) is 30.2 Å². The van der Waals surface area contributed by atoms with Crippen molar-refractivity contribution in [3.63, 3.8) is 0 Å². The summed E-state index contributed by atoms with van der Waals surface area (Å²) in [7, 11) is 1.55. The van der Waals surface area contributed by atoms with Gasteiger partial charge in [0, 0.05) is 18.7 Å². The number of methoxy groups -OCH3 is 1. The summed E-state index contributed by atoms with van der Waals surface area (Å²) in [4.78, 5) is 41.0. The van der Waals surface area contributed by atoms with E-state index in [1.165, 1.54) is 0 Å². The number of rotatable bonds is 6. The second kappa shape index (κ2) is 10.0. The van der Waals surface area contributed by atoms with E-state index in [1.807, 2.05) is 13.8 Å². The first-order valence-electron chi connectivity index (χ1n) is 10.3. The first kappa shape index (κ1) is 22.2. The number of amides is 3. The lowest BCUT2D eigenvalue weighted by molar-refractivity contribution is -0.135. The quantitative estimate of drug-likeness (QED) is 0.634. The van der Waals surface area contributed by atoms with Crippen molar-refractivity contribution in [3.8, 4) is 11.5 Å². The van der Waals surface area contributed by atoms with Gasteiger partial charge in [0.05, 0.1) is 18.1 Å². The molecule has 2 aliphatic rings. The lowest BCUT2D eigenvalue weighted by Gasteiger charge is -2.22. The van der Waals surface area contributed by atoms with Gasteiger partial charge in [-0.05, 0) is 50.6 Å². The molecule has 2 saturated heterocycles. The summed E-state index contributed by atoms with van der Waals surface area (Å²) in [6.45, 7) is 4.96. The van der Waals surface area contributed by atoms with Crippen molar-refractivity contribution in [3.05, 3.63) is 28.7 Å². The molecule has 1 aromatic carbocycles. The molecule has 0 saturated carbocycles. The second-order valence-corrected chi connectivity index (χ2v) is 8.60. The number of thioether (sulfide) groups is 1. The van der Waals surface area contributed by atoms with E-state index in [1.54, 1.807) is 36.3 Å². The fourth-order valence-electron chi connectivity index (χ4n) is 3.50. The molecule has 0 aliphatic carbocycles. The number of hydrogen-bond donors (Lipinski definition) is 0. The molecule has 0 aromatic heterocycles. The topological polar surface area (TPSA) is 76.2 Å². The molecule has 162 valence electrons. The van der Waals surface area contributed by atoms with Crippen LogP contribution in [0.25, 0.3) is 6.08 Å². The van der Waals surface area contributed by atoms with Crippen molar-refractivity contribution < 1.29 is 23.9 Å². The minimum atomic E-state index is -0.452. The van der Waals surface area contributed by atoms with Gasteiger partial charge in [-0.2, -0.15) is 0 Å². The molecule has 0 spiro atoms. The lowest BCUT2D eigenvalue weighted by atomic mass is 10.1. The number of para-hydroxylation sites is 1. The zero-order valence-electron chi connectivity index (χ0n) is 17.7. The summed E-state index contributed by atoms with van der Waals surface area (Å²) in [5.74, 6) is 0.438. The number of likely N-dealkylation sites (tertiary alicyclic amines) is 1. The number of ether oxygens (including phenoxy) is 2.